The van der Waals surface area contributed by atoms with Gasteiger partial charge in [-0.2, -0.15) is 4.80 Å². The molecule has 1 N–H and O–H groups in total. The predicted octanol–water partition coefficient (Wildman–Crippen LogP) is 1.95. The number of aromatic nitrogens is 4. The summed E-state index contributed by atoms with van der Waals surface area (Å²) in [6, 6.07) is 9.72. The van der Waals surface area contributed by atoms with Crippen LogP contribution in [0.4, 0.5) is 0 Å². The van der Waals surface area contributed by atoms with E-state index in [2.05, 4.69) is 27.7 Å². The van der Waals surface area contributed by atoms with Crippen molar-refractivity contribution >= 4 is 5.91 Å². The molecular weight excluding hydrogens is 306 g/mol. The lowest BCUT2D eigenvalue weighted by Crippen LogP contribution is -2.40. The molecule has 1 fully saturated rings. The van der Waals surface area contributed by atoms with E-state index in [1.165, 1.54) is 17.6 Å². The SMILES string of the molecule is C[C@@H]1CCC[C@@H](NC(=O)Cn2nnc(COc3ccccc3)n2)C1. The number of tetrazole rings is 1. The van der Waals surface area contributed by atoms with E-state index >= 15 is 0 Å². The van der Waals surface area contributed by atoms with Crippen molar-refractivity contribution in [3.8, 4) is 5.75 Å². The number of rotatable bonds is 6. The average molecular weight is 329 g/mol. The highest BCUT2D eigenvalue weighted by Crippen LogP contribution is 2.23. The van der Waals surface area contributed by atoms with Crippen molar-refractivity contribution in [1.29, 1.82) is 0 Å². The van der Waals surface area contributed by atoms with Gasteiger partial charge in [-0.25, -0.2) is 0 Å². The first-order valence-electron chi connectivity index (χ1n) is 8.43. The van der Waals surface area contributed by atoms with Gasteiger partial charge in [0.15, 0.2) is 6.61 Å². The molecule has 0 saturated heterocycles. The van der Waals surface area contributed by atoms with E-state index in [-0.39, 0.29) is 25.1 Å². The van der Waals surface area contributed by atoms with Crippen LogP contribution in [0.1, 0.15) is 38.4 Å². The normalized spacial score (nSPS) is 20.5. The smallest absolute Gasteiger partial charge is 0.243 e. The summed E-state index contributed by atoms with van der Waals surface area (Å²) in [6.45, 7) is 2.55. The summed E-state index contributed by atoms with van der Waals surface area (Å²) in [7, 11) is 0. The Labute approximate surface area is 141 Å². The van der Waals surface area contributed by atoms with Crippen LogP contribution in [0.5, 0.6) is 5.75 Å². The highest BCUT2D eigenvalue weighted by atomic mass is 16.5. The van der Waals surface area contributed by atoms with E-state index in [0.29, 0.717) is 11.7 Å². The first kappa shape index (κ1) is 16.4. The first-order valence-corrected chi connectivity index (χ1v) is 8.43. The Hall–Kier alpha value is -2.44. The second-order valence-electron chi connectivity index (χ2n) is 6.37. The third-order valence-electron chi connectivity index (χ3n) is 4.19. The van der Waals surface area contributed by atoms with E-state index < -0.39 is 0 Å². The van der Waals surface area contributed by atoms with Crippen LogP contribution in [0.3, 0.4) is 0 Å². The Morgan fingerprint density at radius 3 is 2.96 bits per heavy atom. The van der Waals surface area contributed by atoms with Crippen molar-refractivity contribution in [2.75, 3.05) is 0 Å². The minimum Gasteiger partial charge on any atom is -0.485 e. The number of hydrogen-bond donors (Lipinski definition) is 1. The maximum absolute atomic E-state index is 12.1. The van der Waals surface area contributed by atoms with Gasteiger partial charge < -0.3 is 10.1 Å². The van der Waals surface area contributed by atoms with E-state index in [4.69, 9.17) is 4.74 Å². The zero-order valence-corrected chi connectivity index (χ0v) is 13.9. The molecule has 1 aromatic carbocycles. The van der Waals surface area contributed by atoms with Crippen molar-refractivity contribution in [2.24, 2.45) is 5.92 Å². The maximum Gasteiger partial charge on any atom is 0.243 e. The summed E-state index contributed by atoms with van der Waals surface area (Å²) in [5.41, 5.74) is 0. The molecule has 1 heterocycles. The Morgan fingerprint density at radius 1 is 1.33 bits per heavy atom. The zero-order chi connectivity index (χ0) is 16.8. The van der Waals surface area contributed by atoms with Gasteiger partial charge in [-0.15, -0.1) is 10.2 Å². The van der Waals surface area contributed by atoms with Gasteiger partial charge in [-0.05, 0) is 36.1 Å². The molecule has 0 radical (unpaired) electrons. The maximum atomic E-state index is 12.1. The topological polar surface area (TPSA) is 81.9 Å². The summed E-state index contributed by atoms with van der Waals surface area (Å²) in [4.78, 5) is 13.4. The third-order valence-corrected chi connectivity index (χ3v) is 4.19. The fourth-order valence-corrected chi connectivity index (χ4v) is 3.03. The number of hydrogen-bond acceptors (Lipinski definition) is 5. The molecule has 7 heteroatoms. The molecular formula is C17H23N5O2. The van der Waals surface area contributed by atoms with Crippen LogP contribution in [0.15, 0.2) is 30.3 Å². The molecule has 128 valence electrons. The van der Waals surface area contributed by atoms with Crippen molar-refractivity contribution in [3.63, 3.8) is 0 Å². The monoisotopic (exact) mass is 329 g/mol. The van der Waals surface area contributed by atoms with Gasteiger partial charge in [0.05, 0.1) is 0 Å². The average Bonchev–Trinajstić information content (AvgIpc) is 3.01. The van der Waals surface area contributed by atoms with E-state index in [0.717, 1.165) is 18.6 Å². The number of carbonyl (C=O) groups excluding carboxylic acids is 1. The van der Waals surface area contributed by atoms with Crippen LogP contribution in [0, 0.1) is 5.92 Å². The van der Waals surface area contributed by atoms with Gasteiger partial charge in [0, 0.05) is 6.04 Å². The third kappa shape index (κ3) is 4.78. The molecule has 2 aromatic rings. The second-order valence-corrected chi connectivity index (χ2v) is 6.37. The first-order chi connectivity index (χ1) is 11.7. The molecule has 0 aliphatic heterocycles. The number of nitrogens with one attached hydrogen (secondary N) is 1. The number of carbonyl (C=O) groups is 1. The molecule has 1 aliphatic rings. The number of benzene rings is 1. The second kappa shape index (κ2) is 7.90. The van der Waals surface area contributed by atoms with E-state index in [9.17, 15) is 4.79 Å². The lowest BCUT2D eigenvalue weighted by molar-refractivity contribution is -0.123. The van der Waals surface area contributed by atoms with Crippen LogP contribution in [-0.2, 0) is 17.9 Å². The van der Waals surface area contributed by atoms with Gasteiger partial charge in [0.2, 0.25) is 11.7 Å². The van der Waals surface area contributed by atoms with Crippen LogP contribution >= 0.6 is 0 Å². The molecule has 24 heavy (non-hydrogen) atoms. The van der Waals surface area contributed by atoms with Crippen LogP contribution in [-0.4, -0.2) is 32.2 Å². The largest absolute Gasteiger partial charge is 0.485 e. The van der Waals surface area contributed by atoms with Crippen molar-refractivity contribution in [2.45, 2.75) is 51.8 Å². The molecule has 1 amide bonds. The highest BCUT2D eigenvalue weighted by molar-refractivity contribution is 5.75. The van der Waals surface area contributed by atoms with Crippen molar-refractivity contribution in [1.82, 2.24) is 25.5 Å². The highest BCUT2D eigenvalue weighted by Gasteiger charge is 2.20. The molecule has 1 aromatic heterocycles. The van der Waals surface area contributed by atoms with Gasteiger partial charge in [-0.1, -0.05) is 38.0 Å². The minimum absolute atomic E-state index is 0.0676. The summed E-state index contributed by atoms with van der Waals surface area (Å²) in [5.74, 6) is 1.81. The van der Waals surface area contributed by atoms with Gasteiger partial charge >= 0.3 is 0 Å². The summed E-state index contributed by atoms with van der Waals surface area (Å²) in [6.07, 6.45) is 4.53. The molecule has 0 unspecified atom stereocenters. The molecule has 0 bridgehead atoms. The number of para-hydroxylation sites is 1. The van der Waals surface area contributed by atoms with Crippen LogP contribution < -0.4 is 10.1 Å². The van der Waals surface area contributed by atoms with Gasteiger partial charge in [0.1, 0.15) is 12.3 Å². The summed E-state index contributed by atoms with van der Waals surface area (Å²) >= 11 is 0. The lowest BCUT2D eigenvalue weighted by Gasteiger charge is -2.27. The summed E-state index contributed by atoms with van der Waals surface area (Å²) < 4.78 is 5.56. The van der Waals surface area contributed by atoms with Crippen molar-refractivity contribution < 1.29 is 9.53 Å². The Bertz CT molecular complexity index is 658. The molecule has 3 rings (SSSR count). The fraction of sp³-hybridized carbons (Fsp3) is 0.529. The lowest BCUT2D eigenvalue weighted by atomic mass is 9.87. The molecule has 2 atom stereocenters. The van der Waals surface area contributed by atoms with E-state index in [1.807, 2.05) is 30.3 Å². The predicted molar refractivity (Wildman–Crippen MR) is 88.2 cm³/mol. The van der Waals surface area contributed by atoms with Gasteiger partial charge in [-0.3, -0.25) is 4.79 Å². The number of amides is 1. The standard InChI is InChI=1S/C17H23N5O2/c1-13-6-5-7-14(10-13)18-17(23)11-22-20-16(19-21-22)12-24-15-8-3-2-4-9-15/h2-4,8-9,13-14H,5-7,10-12H2,1H3,(H,18,23)/t13-,14-/m1/s1. The Morgan fingerprint density at radius 2 is 2.17 bits per heavy atom. The van der Waals surface area contributed by atoms with Crippen LogP contribution in [0.2, 0.25) is 0 Å². The molecule has 1 saturated carbocycles. The Balaban J connectivity index is 1.46. The van der Waals surface area contributed by atoms with Crippen molar-refractivity contribution in [3.05, 3.63) is 36.2 Å². The summed E-state index contributed by atoms with van der Waals surface area (Å²) in [5, 5.41) is 15.1. The molecule has 7 nitrogen and oxygen atoms in total. The van der Waals surface area contributed by atoms with Crippen LogP contribution in [0.25, 0.3) is 0 Å². The molecule has 0 spiro atoms. The quantitative estimate of drug-likeness (QED) is 0.876. The zero-order valence-electron chi connectivity index (χ0n) is 13.9. The Kier molecular flexibility index (Phi) is 5.40. The minimum atomic E-state index is -0.0676. The number of ether oxygens (including phenoxy) is 1. The van der Waals surface area contributed by atoms with Gasteiger partial charge in [0.25, 0.3) is 0 Å². The van der Waals surface area contributed by atoms with E-state index in [1.54, 1.807) is 0 Å². The fourth-order valence-electron chi connectivity index (χ4n) is 3.03. The number of nitrogens with zero attached hydrogens (tertiary/aromatic N) is 4. The molecule has 1 aliphatic carbocycles.